The van der Waals surface area contributed by atoms with Crippen molar-refractivity contribution in [3.05, 3.63) is 130 Å². The first-order chi connectivity index (χ1) is 21.4. The van der Waals surface area contributed by atoms with Gasteiger partial charge < -0.3 is 15.2 Å². The number of sulfone groups is 1. The fourth-order valence-electron chi connectivity index (χ4n) is 6.30. The van der Waals surface area contributed by atoms with Crippen molar-refractivity contribution in [2.45, 2.75) is 46.3 Å². The van der Waals surface area contributed by atoms with Crippen LogP contribution in [0.3, 0.4) is 0 Å². The lowest BCUT2D eigenvalue weighted by molar-refractivity contribution is -0.118. The van der Waals surface area contributed by atoms with Crippen LogP contribution in [0.2, 0.25) is 0 Å². The Morgan fingerprint density at radius 3 is 2.47 bits per heavy atom. The van der Waals surface area contributed by atoms with Crippen LogP contribution in [0.5, 0.6) is 11.5 Å². The SMILES string of the molecule is Cc1cccc(CC(=O)N2c3cccc(O)c3NC3=C(C2c2ccc(OCc4ccccc4)cc2F)S(=O)(=O)CC(C)(C)C3)c1. The number of halogens is 1. The van der Waals surface area contributed by atoms with Crippen molar-refractivity contribution in [2.24, 2.45) is 5.41 Å². The summed E-state index contributed by atoms with van der Waals surface area (Å²) in [6.45, 7) is 5.84. The second-order valence-corrected chi connectivity index (χ2v) is 14.5. The fourth-order valence-corrected chi connectivity index (χ4v) is 8.66. The number of phenols is 1. The van der Waals surface area contributed by atoms with E-state index in [0.29, 0.717) is 12.1 Å². The number of carbonyl (C=O) groups is 1. The summed E-state index contributed by atoms with van der Waals surface area (Å²) in [4.78, 5) is 15.6. The number of hydrogen-bond donors (Lipinski definition) is 2. The molecule has 9 heteroatoms. The molecular formula is C36H35FN2O5S. The summed E-state index contributed by atoms with van der Waals surface area (Å²) in [7, 11) is -4.02. The van der Waals surface area contributed by atoms with Gasteiger partial charge in [-0.15, -0.1) is 0 Å². The van der Waals surface area contributed by atoms with E-state index in [1.165, 1.54) is 23.1 Å². The minimum atomic E-state index is -4.02. The molecule has 4 aromatic carbocycles. The summed E-state index contributed by atoms with van der Waals surface area (Å²) >= 11 is 0. The van der Waals surface area contributed by atoms with Crippen LogP contribution in [0, 0.1) is 18.2 Å². The summed E-state index contributed by atoms with van der Waals surface area (Å²) < 4.78 is 50.5. The molecule has 6 rings (SSSR count). The predicted molar refractivity (Wildman–Crippen MR) is 173 cm³/mol. The molecule has 0 spiro atoms. The number of para-hydroxylation sites is 1. The number of rotatable bonds is 6. The lowest BCUT2D eigenvalue weighted by atomic mass is 9.88. The van der Waals surface area contributed by atoms with Crippen LogP contribution in [0.15, 0.2) is 102 Å². The van der Waals surface area contributed by atoms with E-state index in [0.717, 1.165) is 16.7 Å². The molecule has 232 valence electrons. The summed E-state index contributed by atoms with van der Waals surface area (Å²) in [5, 5.41) is 14.2. The summed E-state index contributed by atoms with van der Waals surface area (Å²) in [5.74, 6) is -1.23. The molecule has 0 aromatic heterocycles. The third kappa shape index (κ3) is 6.17. The predicted octanol–water partition coefficient (Wildman–Crippen LogP) is 7.22. The first-order valence-electron chi connectivity index (χ1n) is 14.8. The third-order valence-electron chi connectivity index (χ3n) is 8.15. The quantitative estimate of drug-likeness (QED) is 0.220. The molecule has 2 aliphatic heterocycles. The number of amides is 1. The van der Waals surface area contributed by atoms with E-state index in [2.05, 4.69) is 5.32 Å². The van der Waals surface area contributed by atoms with E-state index in [1.807, 2.05) is 75.4 Å². The fraction of sp³-hybridized carbons (Fsp3) is 0.250. The molecule has 2 heterocycles. The smallest absolute Gasteiger partial charge is 0.232 e. The van der Waals surface area contributed by atoms with Crippen LogP contribution in [-0.4, -0.2) is 25.2 Å². The number of fused-ring (bicyclic) bond motifs is 1. The lowest BCUT2D eigenvalue weighted by Crippen LogP contribution is -2.42. The van der Waals surface area contributed by atoms with Gasteiger partial charge in [-0.1, -0.05) is 80.1 Å². The van der Waals surface area contributed by atoms with Gasteiger partial charge in [0.1, 0.15) is 35.7 Å². The van der Waals surface area contributed by atoms with Crippen LogP contribution < -0.4 is 15.0 Å². The molecule has 0 fully saturated rings. The Morgan fingerprint density at radius 2 is 1.73 bits per heavy atom. The second-order valence-electron chi connectivity index (χ2n) is 12.5. The van der Waals surface area contributed by atoms with Crippen molar-refractivity contribution in [1.82, 2.24) is 0 Å². The molecule has 0 radical (unpaired) electrons. The number of hydrogen-bond acceptors (Lipinski definition) is 6. The number of aryl methyl sites for hydroxylation is 1. The Morgan fingerprint density at radius 1 is 1.00 bits per heavy atom. The first-order valence-corrected chi connectivity index (χ1v) is 16.5. The Labute approximate surface area is 262 Å². The summed E-state index contributed by atoms with van der Waals surface area (Å²) in [5.41, 5.74) is 2.74. The molecule has 2 N–H and O–H groups in total. The molecule has 1 unspecified atom stereocenters. The van der Waals surface area contributed by atoms with Gasteiger partial charge in [0.25, 0.3) is 0 Å². The van der Waals surface area contributed by atoms with E-state index in [-0.39, 0.29) is 52.1 Å². The van der Waals surface area contributed by atoms with Crippen LogP contribution in [0.25, 0.3) is 0 Å². The largest absolute Gasteiger partial charge is 0.506 e. The zero-order valence-corrected chi connectivity index (χ0v) is 26.2. The standard InChI is InChI=1S/C36H35FN2O5S/c1-23-9-7-12-25(17-23)18-32(41)39-30-13-8-14-31(40)33(30)38-29-20-36(2,3)22-45(42,43)35(29)34(39)27-16-15-26(19-28(27)37)44-21-24-10-5-4-6-11-24/h4-17,19,34,38,40H,18,20-22H2,1-3H3. The zero-order valence-electron chi connectivity index (χ0n) is 25.4. The number of nitrogens with zero attached hydrogens (tertiary/aromatic N) is 1. The maximum absolute atomic E-state index is 16.3. The molecular weight excluding hydrogens is 591 g/mol. The minimum absolute atomic E-state index is 0.00780. The maximum atomic E-state index is 16.3. The highest BCUT2D eigenvalue weighted by Gasteiger charge is 2.47. The average molecular weight is 627 g/mol. The van der Waals surface area contributed by atoms with Crippen molar-refractivity contribution in [3.63, 3.8) is 0 Å². The number of carbonyl (C=O) groups excluding carboxylic acids is 1. The third-order valence-corrected chi connectivity index (χ3v) is 10.5. The van der Waals surface area contributed by atoms with Gasteiger partial charge in [0, 0.05) is 17.3 Å². The number of ether oxygens (including phenoxy) is 1. The molecule has 45 heavy (non-hydrogen) atoms. The van der Waals surface area contributed by atoms with Crippen molar-refractivity contribution >= 4 is 27.1 Å². The molecule has 4 aromatic rings. The Bertz CT molecular complexity index is 1920. The normalized spacial score (nSPS) is 18.3. The maximum Gasteiger partial charge on any atom is 0.232 e. The zero-order chi connectivity index (χ0) is 31.9. The number of phenolic OH excluding ortho intramolecular Hbond substituents is 1. The Hall–Kier alpha value is -4.63. The molecule has 1 atom stereocenters. The number of anilines is 2. The van der Waals surface area contributed by atoms with Crippen LogP contribution >= 0.6 is 0 Å². The highest BCUT2D eigenvalue weighted by molar-refractivity contribution is 7.95. The van der Waals surface area contributed by atoms with Gasteiger partial charge >= 0.3 is 0 Å². The Balaban J connectivity index is 1.52. The van der Waals surface area contributed by atoms with Crippen molar-refractivity contribution < 1.29 is 27.4 Å². The monoisotopic (exact) mass is 626 g/mol. The summed E-state index contributed by atoms with van der Waals surface area (Å²) in [6, 6.07) is 24.6. The van der Waals surface area contributed by atoms with Crippen LogP contribution in [0.4, 0.5) is 15.8 Å². The van der Waals surface area contributed by atoms with Gasteiger partial charge in [-0.05, 0) is 54.2 Å². The Kier molecular flexibility index (Phi) is 7.91. The van der Waals surface area contributed by atoms with Gasteiger partial charge in [0.2, 0.25) is 5.91 Å². The van der Waals surface area contributed by atoms with Crippen molar-refractivity contribution in [3.8, 4) is 11.5 Å². The van der Waals surface area contributed by atoms with Crippen LogP contribution in [-0.2, 0) is 27.7 Å². The van der Waals surface area contributed by atoms with Crippen molar-refractivity contribution in [2.75, 3.05) is 16.0 Å². The molecule has 0 aliphatic carbocycles. The van der Waals surface area contributed by atoms with Crippen LogP contribution in [0.1, 0.15) is 48.6 Å². The van der Waals surface area contributed by atoms with Gasteiger partial charge in [0.05, 0.1) is 22.8 Å². The molecule has 0 saturated heterocycles. The van der Waals surface area contributed by atoms with E-state index in [9.17, 15) is 18.3 Å². The highest BCUT2D eigenvalue weighted by Crippen LogP contribution is 2.51. The van der Waals surface area contributed by atoms with Crippen molar-refractivity contribution in [1.29, 1.82) is 0 Å². The van der Waals surface area contributed by atoms with E-state index >= 15 is 4.39 Å². The topological polar surface area (TPSA) is 95.9 Å². The lowest BCUT2D eigenvalue weighted by Gasteiger charge is -2.37. The molecule has 1 amide bonds. The average Bonchev–Trinajstić information content (AvgIpc) is 3.11. The minimum Gasteiger partial charge on any atom is -0.506 e. The van der Waals surface area contributed by atoms with E-state index < -0.39 is 33.0 Å². The van der Waals surface area contributed by atoms with Gasteiger partial charge in [-0.25, -0.2) is 12.8 Å². The number of benzene rings is 4. The molecule has 2 aliphatic rings. The van der Waals surface area contributed by atoms with Gasteiger partial charge in [-0.2, -0.15) is 0 Å². The second kappa shape index (κ2) is 11.7. The highest BCUT2D eigenvalue weighted by atomic mass is 32.2. The van der Waals surface area contributed by atoms with Gasteiger partial charge in [-0.3, -0.25) is 9.69 Å². The molecule has 0 saturated carbocycles. The molecule has 0 bridgehead atoms. The van der Waals surface area contributed by atoms with Gasteiger partial charge in [0.15, 0.2) is 9.84 Å². The molecule has 7 nitrogen and oxygen atoms in total. The summed E-state index contributed by atoms with van der Waals surface area (Å²) in [6.07, 6.45) is 0.243. The first kappa shape index (κ1) is 30.4. The number of aromatic hydroxyl groups is 1. The number of allylic oxidation sites excluding steroid dienone is 1. The number of nitrogens with one attached hydrogen (secondary N) is 1. The van der Waals surface area contributed by atoms with E-state index in [1.54, 1.807) is 18.2 Å². The van der Waals surface area contributed by atoms with E-state index in [4.69, 9.17) is 4.74 Å².